The highest BCUT2D eigenvalue weighted by Crippen LogP contribution is 2.23. The molecular weight excluding hydrogens is 316 g/mol. The second-order valence-corrected chi connectivity index (χ2v) is 5.59. The number of fused-ring (bicyclic) bond motifs is 1. The molecule has 0 aromatic heterocycles. The van der Waals surface area contributed by atoms with Crippen LogP contribution < -0.4 is 5.32 Å². The summed E-state index contributed by atoms with van der Waals surface area (Å²) in [5.74, 6) is -3.29. The van der Waals surface area contributed by atoms with Gasteiger partial charge >= 0.3 is 5.97 Å². The molecule has 2 aromatic carbocycles. The van der Waals surface area contributed by atoms with E-state index in [4.69, 9.17) is 4.74 Å². The maximum Gasteiger partial charge on any atom is 0.338 e. The number of aryl methyl sites for hydroxylation is 2. The summed E-state index contributed by atoms with van der Waals surface area (Å²) in [5, 5.41) is 2.34. The first-order valence-corrected chi connectivity index (χ1v) is 7.57. The third-order valence-electron chi connectivity index (χ3n) is 3.87. The first-order valence-electron chi connectivity index (χ1n) is 7.57. The first-order chi connectivity index (χ1) is 11.5. The minimum Gasteiger partial charge on any atom is -0.452 e. The summed E-state index contributed by atoms with van der Waals surface area (Å²) in [5.41, 5.74) is 2.86. The Morgan fingerprint density at radius 1 is 1.00 bits per heavy atom. The van der Waals surface area contributed by atoms with Gasteiger partial charge in [-0.15, -0.1) is 0 Å². The SMILES string of the molecule is O=C(COC(=O)c1ccc2c(c1)CCC2)Nc1ccc(F)c(F)c1. The van der Waals surface area contributed by atoms with Gasteiger partial charge in [0.25, 0.3) is 5.91 Å². The van der Waals surface area contributed by atoms with E-state index < -0.39 is 30.1 Å². The Hall–Kier alpha value is -2.76. The Morgan fingerprint density at radius 3 is 2.58 bits per heavy atom. The molecule has 0 aliphatic heterocycles. The summed E-state index contributed by atoms with van der Waals surface area (Å²) < 4.78 is 30.8. The van der Waals surface area contributed by atoms with Crippen molar-refractivity contribution in [3.63, 3.8) is 0 Å². The van der Waals surface area contributed by atoms with Crippen LogP contribution in [0.1, 0.15) is 27.9 Å². The zero-order valence-electron chi connectivity index (χ0n) is 12.8. The lowest BCUT2D eigenvalue weighted by molar-refractivity contribution is -0.119. The van der Waals surface area contributed by atoms with Crippen molar-refractivity contribution < 1.29 is 23.1 Å². The number of ether oxygens (including phenoxy) is 1. The number of anilines is 1. The summed E-state index contributed by atoms with van der Waals surface area (Å²) in [4.78, 5) is 23.7. The number of benzene rings is 2. The molecule has 24 heavy (non-hydrogen) atoms. The van der Waals surface area contributed by atoms with Gasteiger partial charge in [-0.05, 0) is 54.7 Å². The summed E-state index contributed by atoms with van der Waals surface area (Å²) >= 11 is 0. The number of halogens is 2. The van der Waals surface area contributed by atoms with Gasteiger partial charge in [0.2, 0.25) is 0 Å². The third kappa shape index (κ3) is 3.59. The number of hydrogen-bond donors (Lipinski definition) is 1. The standard InChI is InChI=1S/C18H15F2NO3/c19-15-7-6-14(9-16(15)20)21-17(22)10-24-18(23)13-5-4-11-2-1-3-12(11)8-13/h4-9H,1-3,10H2,(H,21,22). The van der Waals surface area contributed by atoms with E-state index >= 15 is 0 Å². The maximum atomic E-state index is 13.1. The van der Waals surface area contributed by atoms with Crippen LogP contribution in [-0.4, -0.2) is 18.5 Å². The summed E-state index contributed by atoms with van der Waals surface area (Å²) in [6, 6.07) is 8.35. The van der Waals surface area contributed by atoms with Gasteiger partial charge in [0.1, 0.15) is 0 Å². The number of esters is 1. The molecule has 0 atom stereocenters. The molecule has 0 unspecified atom stereocenters. The van der Waals surface area contributed by atoms with Crippen LogP contribution in [0.3, 0.4) is 0 Å². The number of nitrogens with one attached hydrogen (secondary N) is 1. The van der Waals surface area contributed by atoms with Crippen molar-refractivity contribution in [1.29, 1.82) is 0 Å². The minimum atomic E-state index is -1.07. The van der Waals surface area contributed by atoms with E-state index in [1.165, 1.54) is 11.6 Å². The Kier molecular flexibility index (Phi) is 4.55. The van der Waals surface area contributed by atoms with Crippen LogP contribution in [0.15, 0.2) is 36.4 Å². The predicted octanol–water partition coefficient (Wildman–Crippen LogP) is 3.25. The van der Waals surface area contributed by atoms with E-state index in [0.29, 0.717) is 5.56 Å². The van der Waals surface area contributed by atoms with Crippen molar-refractivity contribution in [1.82, 2.24) is 0 Å². The molecule has 1 N–H and O–H groups in total. The Morgan fingerprint density at radius 2 is 1.79 bits per heavy atom. The molecule has 1 aliphatic carbocycles. The zero-order valence-corrected chi connectivity index (χ0v) is 12.8. The van der Waals surface area contributed by atoms with E-state index in [1.807, 2.05) is 6.07 Å². The molecular formula is C18H15F2NO3. The summed E-state index contributed by atoms with van der Waals surface area (Å²) in [6.45, 7) is -0.505. The van der Waals surface area contributed by atoms with Gasteiger partial charge < -0.3 is 10.1 Å². The molecule has 0 saturated heterocycles. The summed E-state index contributed by atoms with van der Waals surface area (Å²) in [6.07, 6.45) is 3.03. The monoisotopic (exact) mass is 331 g/mol. The van der Waals surface area contributed by atoms with E-state index in [1.54, 1.807) is 12.1 Å². The van der Waals surface area contributed by atoms with Crippen molar-refractivity contribution in [3.8, 4) is 0 Å². The number of amides is 1. The second kappa shape index (κ2) is 6.78. The fourth-order valence-corrected chi connectivity index (χ4v) is 2.68. The highest BCUT2D eigenvalue weighted by atomic mass is 19.2. The highest BCUT2D eigenvalue weighted by molar-refractivity contribution is 5.95. The van der Waals surface area contributed by atoms with E-state index in [9.17, 15) is 18.4 Å². The molecule has 4 nitrogen and oxygen atoms in total. The quantitative estimate of drug-likeness (QED) is 0.875. The van der Waals surface area contributed by atoms with Crippen LogP contribution in [0, 0.1) is 11.6 Å². The number of carbonyl (C=O) groups is 2. The molecule has 0 bridgehead atoms. The Bertz CT molecular complexity index is 805. The van der Waals surface area contributed by atoms with Gasteiger partial charge in [-0.25, -0.2) is 13.6 Å². The normalized spacial score (nSPS) is 12.6. The highest BCUT2D eigenvalue weighted by Gasteiger charge is 2.16. The lowest BCUT2D eigenvalue weighted by atomic mass is 10.1. The van der Waals surface area contributed by atoms with Crippen LogP contribution in [0.25, 0.3) is 0 Å². The lowest BCUT2D eigenvalue weighted by Crippen LogP contribution is -2.21. The predicted molar refractivity (Wildman–Crippen MR) is 83.7 cm³/mol. The molecule has 6 heteroatoms. The number of rotatable bonds is 4. The third-order valence-corrected chi connectivity index (χ3v) is 3.87. The molecule has 1 amide bonds. The molecule has 0 fully saturated rings. The Balaban J connectivity index is 1.55. The first kappa shape index (κ1) is 16.1. The van der Waals surface area contributed by atoms with Crippen LogP contribution >= 0.6 is 0 Å². The van der Waals surface area contributed by atoms with Gasteiger partial charge in [-0.1, -0.05) is 6.07 Å². The van der Waals surface area contributed by atoms with E-state index in [0.717, 1.165) is 37.0 Å². The molecule has 1 aliphatic rings. The van der Waals surface area contributed by atoms with Gasteiger partial charge in [-0.3, -0.25) is 4.79 Å². The van der Waals surface area contributed by atoms with Crippen molar-refractivity contribution in [3.05, 3.63) is 64.7 Å². The van der Waals surface area contributed by atoms with E-state index in [2.05, 4.69) is 5.32 Å². The van der Waals surface area contributed by atoms with Crippen LogP contribution in [0.5, 0.6) is 0 Å². The summed E-state index contributed by atoms with van der Waals surface area (Å²) in [7, 11) is 0. The molecule has 0 saturated carbocycles. The van der Waals surface area contributed by atoms with Crippen molar-refractivity contribution >= 4 is 17.6 Å². The fraction of sp³-hybridized carbons (Fsp3) is 0.222. The van der Waals surface area contributed by atoms with Crippen LogP contribution in [0.4, 0.5) is 14.5 Å². The van der Waals surface area contributed by atoms with Gasteiger partial charge in [0.15, 0.2) is 18.2 Å². The fourth-order valence-electron chi connectivity index (χ4n) is 2.68. The smallest absolute Gasteiger partial charge is 0.338 e. The maximum absolute atomic E-state index is 13.1. The van der Waals surface area contributed by atoms with Crippen LogP contribution in [-0.2, 0) is 22.4 Å². The van der Waals surface area contributed by atoms with Gasteiger partial charge in [-0.2, -0.15) is 0 Å². The number of hydrogen-bond acceptors (Lipinski definition) is 3. The topological polar surface area (TPSA) is 55.4 Å². The molecule has 0 heterocycles. The average molecular weight is 331 g/mol. The average Bonchev–Trinajstić information content (AvgIpc) is 3.03. The molecule has 2 aromatic rings. The van der Waals surface area contributed by atoms with Crippen molar-refractivity contribution in [2.24, 2.45) is 0 Å². The van der Waals surface area contributed by atoms with Gasteiger partial charge in [0, 0.05) is 11.8 Å². The minimum absolute atomic E-state index is 0.0903. The zero-order chi connectivity index (χ0) is 17.1. The molecule has 124 valence electrons. The second-order valence-electron chi connectivity index (χ2n) is 5.59. The lowest BCUT2D eigenvalue weighted by Gasteiger charge is -2.08. The largest absolute Gasteiger partial charge is 0.452 e. The van der Waals surface area contributed by atoms with Crippen molar-refractivity contribution in [2.75, 3.05) is 11.9 Å². The number of carbonyl (C=O) groups excluding carboxylic acids is 2. The Labute approximate surface area is 137 Å². The molecule has 3 rings (SSSR count). The van der Waals surface area contributed by atoms with Crippen molar-refractivity contribution in [2.45, 2.75) is 19.3 Å². The molecule has 0 radical (unpaired) electrons. The van der Waals surface area contributed by atoms with E-state index in [-0.39, 0.29) is 5.69 Å². The van der Waals surface area contributed by atoms with Crippen LogP contribution in [0.2, 0.25) is 0 Å². The molecule has 0 spiro atoms. The van der Waals surface area contributed by atoms with Gasteiger partial charge in [0.05, 0.1) is 5.56 Å².